The average molecular weight is 354 g/mol. The molecule has 0 aliphatic carbocycles. The lowest BCUT2D eigenvalue weighted by atomic mass is 10.1. The van der Waals surface area contributed by atoms with Crippen molar-refractivity contribution in [1.82, 2.24) is 5.32 Å². The number of aryl methyl sites for hydroxylation is 2. The number of nitrogens with one attached hydrogen (secondary N) is 3. The highest BCUT2D eigenvalue weighted by molar-refractivity contribution is 5.92. The third-order valence-corrected chi connectivity index (χ3v) is 4.33. The summed E-state index contributed by atoms with van der Waals surface area (Å²) in [5.41, 5.74) is 4.21. The fourth-order valence-corrected chi connectivity index (χ4v) is 2.82. The van der Waals surface area contributed by atoms with Crippen molar-refractivity contribution < 1.29 is 14.5 Å². The maximum atomic E-state index is 12.2. The number of anilines is 1. The van der Waals surface area contributed by atoms with E-state index in [1.807, 2.05) is 62.5 Å². The quantitative estimate of drug-likeness (QED) is 0.670. The Bertz CT molecular complexity index is 758. The summed E-state index contributed by atoms with van der Waals surface area (Å²) in [4.78, 5) is 25.2. The molecule has 0 saturated carbocycles. The monoisotopic (exact) mass is 354 g/mol. The molecule has 0 aliphatic heterocycles. The van der Waals surface area contributed by atoms with E-state index >= 15 is 0 Å². The largest absolute Gasteiger partial charge is 0.347 e. The molecule has 0 spiro atoms. The average Bonchev–Trinajstić information content (AvgIpc) is 2.61. The summed E-state index contributed by atoms with van der Waals surface area (Å²) >= 11 is 0. The van der Waals surface area contributed by atoms with E-state index in [2.05, 4.69) is 17.6 Å². The minimum atomic E-state index is -0.0879. The smallest absolute Gasteiger partial charge is 0.279 e. The van der Waals surface area contributed by atoms with Crippen LogP contribution in [-0.2, 0) is 22.6 Å². The van der Waals surface area contributed by atoms with Gasteiger partial charge in [-0.25, -0.2) is 0 Å². The van der Waals surface area contributed by atoms with Crippen LogP contribution in [0.2, 0.25) is 0 Å². The van der Waals surface area contributed by atoms with Gasteiger partial charge >= 0.3 is 0 Å². The number of carbonyl (C=O) groups is 2. The molecule has 26 heavy (non-hydrogen) atoms. The number of quaternary nitrogens is 1. The van der Waals surface area contributed by atoms with Gasteiger partial charge < -0.3 is 15.5 Å². The van der Waals surface area contributed by atoms with Crippen molar-refractivity contribution in [2.24, 2.45) is 0 Å². The van der Waals surface area contributed by atoms with Gasteiger partial charge in [0.1, 0.15) is 0 Å². The molecule has 2 amide bonds. The molecule has 0 fully saturated rings. The fourth-order valence-electron chi connectivity index (χ4n) is 2.82. The predicted octanol–water partition coefficient (Wildman–Crippen LogP) is 1.33. The zero-order valence-electron chi connectivity index (χ0n) is 15.8. The van der Waals surface area contributed by atoms with E-state index in [1.54, 1.807) is 0 Å². The Hall–Kier alpha value is -2.66. The molecule has 138 valence electrons. The molecule has 5 nitrogen and oxygen atoms in total. The van der Waals surface area contributed by atoms with Crippen LogP contribution in [0, 0.1) is 6.92 Å². The van der Waals surface area contributed by atoms with E-state index in [1.165, 1.54) is 0 Å². The van der Waals surface area contributed by atoms with Crippen molar-refractivity contribution >= 4 is 17.5 Å². The first-order valence-electron chi connectivity index (χ1n) is 8.99. The second-order valence-corrected chi connectivity index (χ2v) is 6.57. The second-order valence-electron chi connectivity index (χ2n) is 6.57. The predicted molar refractivity (Wildman–Crippen MR) is 104 cm³/mol. The Kier molecular flexibility index (Phi) is 7.36. The van der Waals surface area contributed by atoms with Crippen molar-refractivity contribution in [2.75, 3.05) is 25.5 Å². The molecule has 0 aliphatic rings. The fraction of sp³-hybridized carbons (Fsp3) is 0.333. The first kappa shape index (κ1) is 19.7. The van der Waals surface area contributed by atoms with Gasteiger partial charge in [0.25, 0.3) is 11.8 Å². The summed E-state index contributed by atoms with van der Waals surface area (Å²) in [6.07, 6.45) is 0.862. The molecule has 0 aromatic heterocycles. The van der Waals surface area contributed by atoms with E-state index in [-0.39, 0.29) is 24.9 Å². The highest BCUT2D eigenvalue weighted by atomic mass is 16.2. The lowest BCUT2D eigenvalue weighted by molar-refractivity contribution is -0.862. The van der Waals surface area contributed by atoms with E-state index in [4.69, 9.17) is 0 Å². The van der Waals surface area contributed by atoms with Crippen LogP contribution < -0.4 is 15.5 Å². The maximum Gasteiger partial charge on any atom is 0.279 e. The number of hydrogen-bond acceptors (Lipinski definition) is 2. The summed E-state index contributed by atoms with van der Waals surface area (Å²) in [5, 5.41) is 5.86. The van der Waals surface area contributed by atoms with Gasteiger partial charge in [0.05, 0.1) is 7.05 Å². The minimum absolute atomic E-state index is 0.0625. The number of rotatable bonds is 8. The molecular formula is C21H28N3O2+. The normalized spacial score (nSPS) is 11.7. The van der Waals surface area contributed by atoms with Crippen molar-refractivity contribution in [1.29, 1.82) is 0 Å². The first-order valence-corrected chi connectivity index (χ1v) is 8.99. The Labute approximate surface area is 155 Å². The zero-order valence-corrected chi connectivity index (χ0v) is 15.8. The summed E-state index contributed by atoms with van der Waals surface area (Å²) in [5.74, 6) is -0.150. The molecule has 0 saturated heterocycles. The second kappa shape index (κ2) is 9.73. The van der Waals surface area contributed by atoms with Crippen LogP contribution >= 0.6 is 0 Å². The molecule has 5 heteroatoms. The maximum absolute atomic E-state index is 12.2. The summed E-state index contributed by atoms with van der Waals surface area (Å²) in [6, 6.07) is 15.8. The van der Waals surface area contributed by atoms with Crippen molar-refractivity contribution in [3.8, 4) is 0 Å². The van der Waals surface area contributed by atoms with Crippen LogP contribution in [0.25, 0.3) is 0 Å². The number of para-hydroxylation sites is 1. The summed E-state index contributed by atoms with van der Waals surface area (Å²) in [7, 11) is 1.85. The topological polar surface area (TPSA) is 62.6 Å². The minimum Gasteiger partial charge on any atom is -0.347 e. The Morgan fingerprint density at radius 2 is 1.54 bits per heavy atom. The molecule has 0 heterocycles. The van der Waals surface area contributed by atoms with E-state index in [9.17, 15) is 9.59 Å². The molecule has 2 rings (SSSR count). The van der Waals surface area contributed by atoms with Gasteiger partial charge in [-0.3, -0.25) is 9.59 Å². The Morgan fingerprint density at radius 1 is 0.923 bits per heavy atom. The molecule has 2 aromatic rings. The number of likely N-dealkylation sites (N-methyl/N-ethyl adjacent to an activating group) is 1. The highest BCUT2D eigenvalue weighted by Crippen LogP contribution is 2.14. The molecule has 0 bridgehead atoms. The van der Waals surface area contributed by atoms with Gasteiger partial charge in [-0.05, 0) is 36.1 Å². The number of hydrogen-bond donors (Lipinski definition) is 3. The molecule has 1 unspecified atom stereocenters. The molecule has 1 atom stereocenters. The number of amides is 2. The van der Waals surface area contributed by atoms with Crippen LogP contribution in [0.4, 0.5) is 5.69 Å². The number of benzene rings is 2. The van der Waals surface area contributed by atoms with Gasteiger partial charge in [-0.15, -0.1) is 0 Å². The van der Waals surface area contributed by atoms with Gasteiger partial charge in [0, 0.05) is 12.2 Å². The van der Waals surface area contributed by atoms with Gasteiger partial charge in [-0.1, -0.05) is 49.4 Å². The van der Waals surface area contributed by atoms with Crippen molar-refractivity contribution in [2.45, 2.75) is 26.8 Å². The lowest BCUT2D eigenvalue weighted by Gasteiger charge is -2.15. The van der Waals surface area contributed by atoms with E-state index in [0.29, 0.717) is 6.54 Å². The van der Waals surface area contributed by atoms with Crippen LogP contribution in [0.3, 0.4) is 0 Å². The number of carbonyl (C=O) groups excluding carboxylic acids is 2. The Balaban J connectivity index is 1.78. The lowest BCUT2D eigenvalue weighted by Crippen LogP contribution is -3.11. The summed E-state index contributed by atoms with van der Waals surface area (Å²) < 4.78 is 0. The summed E-state index contributed by atoms with van der Waals surface area (Å²) in [6.45, 7) is 5.10. The standard InChI is InChI=1S/C21H27N3O2/c1-4-17-10-7-8-12-19(17)23-21(26)15-24(3)14-20(25)22-13-18-11-6-5-9-16(18)2/h5-12H,4,13-15H2,1-3H3,(H,22,25)(H,23,26)/p+1. The first-order chi connectivity index (χ1) is 12.5. The van der Waals surface area contributed by atoms with Gasteiger partial charge in [-0.2, -0.15) is 0 Å². The van der Waals surface area contributed by atoms with Crippen molar-refractivity contribution in [3.63, 3.8) is 0 Å². The van der Waals surface area contributed by atoms with Gasteiger partial charge in [0.2, 0.25) is 0 Å². The zero-order chi connectivity index (χ0) is 18.9. The van der Waals surface area contributed by atoms with Gasteiger partial charge in [0.15, 0.2) is 13.1 Å². The van der Waals surface area contributed by atoms with Crippen LogP contribution in [-0.4, -0.2) is 32.0 Å². The third kappa shape index (κ3) is 6.01. The molecule has 3 N–H and O–H groups in total. The molecular weight excluding hydrogens is 326 g/mol. The van der Waals surface area contributed by atoms with Crippen LogP contribution in [0.5, 0.6) is 0 Å². The van der Waals surface area contributed by atoms with Crippen molar-refractivity contribution in [3.05, 3.63) is 65.2 Å². The molecule has 2 aromatic carbocycles. The van der Waals surface area contributed by atoms with Crippen LogP contribution in [0.15, 0.2) is 48.5 Å². The highest BCUT2D eigenvalue weighted by Gasteiger charge is 2.15. The third-order valence-electron chi connectivity index (χ3n) is 4.33. The van der Waals surface area contributed by atoms with Crippen LogP contribution in [0.1, 0.15) is 23.6 Å². The Morgan fingerprint density at radius 3 is 2.23 bits per heavy atom. The SMILES string of the molecule is CCc1ccccc1NC(=O)C[NH+](C)CC(=O)NCc1ccccc1C. The molecule has 0 radical (unpaired) electrons. The van der Waals surface area contributed by atoms with E-state index in [0.717, 1.165) is 33.7 Å². The van der Waals surface area contributed by atoms with E-state index < -0.39 is 0 Å².